The van der Waals surface area contributed by atoms with Crippen molar-refractivity contribution in [3.05, 3.63) is 29.8 Å². The zero-order valence-corrected chi connectivity index (χ0v) is 17.5. The average molecular weight is 396 g/mol. The van der Waals surface area contributed by atoms with E-state index in [0.717, 1.165) is 31.7 Å². The van der Waals surface area contributed by atoms with Crippen LogP contribution < -0.4 is 4.74 Å². The Morgan fingerprint density at radius 3 is 2.70 bits per heavy atom. The van der Waals surface area contributed by atoms with Gasteiger partial charge in [0.05, 0.1) is 6.61 Å². The van der Waals surface area contributed by atoms with Crippen molar-refractivity contribution in [2.45, 2.75) is 44.6 Å². The summed E-state index contributed by atoms with van der Waals surface area (Å²) in [6, 6.07) is 8.88. The van der Waals surface area contributed by atoms with Crippen LogP contribution in [-0.2, 0) is 16.6 Å². The maximum absolute atomic E-state index is 12.7. The largest absolute Gasteiger partial charge is 0.494 e. The first-order chi connectivity index (χ1) is 13.0. The Bertz CT molecular complexity index is 708. The van der Waals surface area contributed by atoms with E-state index in [9.17, 15) is 8.42 Å². The Kier molecular flexibility index (Phi) is 7.14. The van der Waals surface area contributed by atoms with Crippen LogP contribution in [0, 0.1) is 0 Å². The van der Waals surface area contributed by atoms with Crippen LogP contribution in [0.15, 0.2) is 24.3 Å². The van der Waals surface area contributed by atoms with Gasteiger partial charge in [-0.25, -0.2) is 0 Å². The van der Waals surface area contributed by atoms with Crippen LogP contribution in [0.25, 0.3) is 0 Å². The predicted octanol–water partition coefficient (Wildman–Crippen LogP) is 2.36. The Balaban J connectivity index is 1.79. The number of piperidine rings is 1. The molecule has 0 aliphatic carbocycles. The lowest BCUT2D eigenvalue weighted by Crippen LogP contribution is -2.48. The Morgan fingerprint density at radius 2 is 1.89 bits per heavy atom. The highest BCUT2D eigenvalue weighted by Crippen LogP contribution is 2.23. The lowest BCUT2D eigenvalue weighted by atomic mass is 9.95. The van der Waals surface area contributed by atoms with Crippen molar-refractivity contribution in [1.29, 1.82) is 0 Å². The van der Waals surface area contributed by atoms with Crippen molar-refractivity contribution in [1.82, 2.24) is 13.5 Å². The molecule has 0 amide bonds. The standard InChI is InChI=1S/C20H33N3O3S/c1-21(2)27(24,25)23-13-6-16-26-20-9-5-7-18(17-20)10-11-19-8-3-4-12-22(19)14-15-23/h5,7,9,17,19H,3-4,6,8,10-16H2,1-2H3. The molecule has 2 aliphatic rings. The van der Waals surface area contributed by atoms with E-state index >= 15 is 0 Å². The van der Waals surface area contributed by atoms with Crippen molar-refractivity contribution in [3.63, 3.8) is 0 Å². The Morgan fingerprint density at radius 1 is 1.04 bits per heavy atom. The molecule has 0 saturated carbocycles. The Labute approximate surface area is 164 Å². The molecule has 1 fully saturated rings. The van der Waals surface area contributed by atoms with Crippen molar-refractivity contribution in [3.8, 4) is 5.75 Å². The SMILES string of the molecule is CN(C)S(=O)(=O)N1CCCOc2cccc(c2)CCC2CCCCN2CC1. The summed E-state index contributed by atoms with van der Waals surface area (Å²) in [5, 5.41) is 0. The number of nitrogens with zero attached hydrogens (tertiary/aromatic N) is 3. The third-order valence-corrected chi connectivity index (χ3v) is 7.60. The van der Waals surface area contributed by atoms with Gasteiger partial charge in [0, 0.05) is 39.8 Å². The molecule has 27 heavy (non-hydrogen) atoms. The highest BCUT2D eigenvalue weighted by Gasteiger charge is 2.27. The topological polar surface area (TPSA) is 53.1 Å². The van der Waals surface area contributed by atoms with Crippen LogP contribution in [0.5, 0.6) is 5.75 Å². The second-order valence-corrected chi connectivity index (χ2v) is 9.91. The molecule has 0 spiro atoms. The molecule has 7 heteroatoms. The molecule has 1 unspecified atom stereocenters. The van der Waals surface area contributed by atoms with Gasteiger partial charge in [-0.05, 0) is 56.3 Å². The Hall–Kier alpha value is -1.15. The van der Waals surface area contributed by atoms with E-state index in [1.54, 1.807) is 18.4 Å². The number of ether oxygens (including phenoxy) is 1. The fourth-order valence-electron chi connectivity index (χ4n) is 4.05. The zero-order chi connectivity index (χ0) is 19.3. The first kappa shape index (κ1) is 20.6. The highest BCUT2D eigenvalue weighted by atomic mass is 32.2. The second-order valence-electron chi connectivity index (χ2n) is 7.76. The van der Waals surface area contributed by atoms with E-state index in [1.807, 2.05) is 6.07 Å². The van der Waals surface area contributed by atoms with Gasteiger partial charge >= 0.3 is 0 Å². The van der Waals surface area contributed by atoms with Crippen LogP contribution in [0.3, 0.4) is 0 Å². The third kappa shape index (κ3) is 5.44. The maximum Gasteiger partial charge on any atom is 0.281 e. The first-order valence-electron chi connectivity index (χ1n) is 10.1. The number of hydrogen-bond acceptors (Lipinski definition) is 4. The van der Waals surface area contributed by atoms with E-state index < -0.39 is 10.2 Å². The highest BCUT2D eigenvalue weighted by molar-refractivity contribution is 7.86. The monoisotopic (exact) mass is 395 g/mol. The lowest BCUT2D eigenvalue weighted by Gasteiger charge is -2.37. The lowest BCUT2D eigenvalue weighted by molar-refractivity contribution is 0.131. The molecule has 2 aliphatic heterocycles. The molecule has 0 aromatic heterocycles. The van der Waals surface area contributed by atoms with Gasteiger partial charge < -0.3 is 4.74 Å². The molecule has 1 atom stereocenters. The molecule has 152 valence electrons. The van der Waals surface area contributed by atoms with Crippen LogP contribution in [0.1, 0.15) is 37.7 Å². The molecule has 2 heterocycles. The maximum atomic E-state index is 12.7. The van der Waals surface area contributed by atoms with E-state index in [-0.39, 0.29) is 0 Å². The molecule has 6 nitrogen and oxygen atoms in total. The zero-order valence-electron chi connectivity index (χ0n) is 16.6. The minimum absolute atomic E-state index is 0.485. The van der Waals surface area contributed by atoms with Crippen LogP contribution in [0.2, 0.25) is 0 Å². The van der Waals surface area contributed by atoms with Crippen LogP contribution in [-0.4, -0.2) is 74.9 Å². The summed E-state index contributed by atoms with van der Waals surface area (Å²) in [5.41, 5.74) is 1.33. The van der Waals surface area contributed by atoms with Gasteiger partial charge in [0.25, 0.3) is 10.2 Å². The van der Waals surface area contributed by atoms with Crippen LogP contribution >= 0.6 is 0 Å². The quantitative estimate of drug-likeness (QED) is 0.771. The van der Waals surface area contributed by atoms with Crippen molar-refractivity contribution in [2.24, 2.45) is 0 Å². The van der Waals surface area contributed by atoms with E-state index in [4.69, 9.17) is 4.74 Å². The predicted molar refractivity (Wildman–Crippen MR) is 108 cm³/mol. The molecule has 1 aromatic rings. The number of hydrogen-bond donors (Lipinski definition) is 0. The fraction of sp³-hybridized carbons (Fsp3) is 0.700. The molecule has 1 saturated heterocycles. The van der Waals surface area contributed by atoms with E-state index in [0.29, 0.717) is 32.2 Å². The van der Waals surface area contributed by atoms with Gasteiger partial charge in [-0.1, -0.05) is 18.6 Å². The summed E-state index contributed by atoms with van der Waals surface area (Å²) < 4.78 is 34.2. The third-order valence-electron chi connectivity index (χ3n) is 5.66. The number of fused-ring (bicyclic) bond motifs is 3. The summed E-state index contributed by atoms with van der Waals surface area (Å²) in [5.74, 6) is 0.882. The van der Waals surface area contributed by atoms with E-state index in [2.05, 4.69) is 23.1 Å². The molecular weight excluding hydrogens is 362 g/mol. The van der Waals surface area contributed by atoms with Gasteiger partial charge in [-0.2, -0.15) is 17.0 Å². The van der Waals surface area contributed by atoms with Gasteiger partial charge in [-0.15, -0.1) is 0 Å². The first-order valence-corrected chi connectivity index (χ1v) is 11.5. The van der Waals surface area contributed by atoms with Crippen molar-refractivity contribution < 1.29 is 13.2 Å². The fourth-order valence-corrected chi connectivity index (χ4v) is 5.18. The minimum Gasteiger partial charge on any atom is -0.494 e. The smallest absolute Gasteiger partial charge is 0.281 e. The van der Waals surface area contributed by atoms with E-state index in [1.165, 1.54) is 29.1 Å². The molecule has 2 bridgehead atoms. The van der Waals surface area contributed by atoms with Gasteiger partial charge in [0.2, 0.25) is 0 Å². The number of rotatable bonds is 2. The van der Waals surface area contributed by atoms with Crippen LogP contribution in [0.4, 0.5) is 0 Å². The molecule has 0 radical (unpaired) electrons. The molecular formula is C20H33N3O3S. The summed E-state index contributed by atoms with van der Waals surface area (Å²) in [6.07, 6.45) is 6.52. The summed E-state index contributed by atoms with van der Waals surface area (Å²) >= 11 is 0. The second kappa shape index (κ2) is 9.37. The number of benzene rings is 1. The minimum atomic E-state index is -3.41. The summed E-state index contributed by atoms with van der Waals surface area (Å²) in [4.78, 5) is 2.51. The average Bonchev–Trinajstić information content (AvgIpc) is 2.66. The van der Waals surface area contributed by atoms with Gasteiger partial charge in [-0.3, -0.25) is 4.90 Å². The molecule has 1 aromatic carbocycles. The van der Waals surface area contributed by atoms with Gasteiger partial charge in [0.1, 0.15) is 5.75 Å². The van der Waals surface area contributed by atoms with Crippen molar-refractivity contribution in [2.75, 3.05) is 46.9 Å². The normalized spacial score (nSPS) is 24.0. The van der Waals surface area contributed by atoms with Gasteiger partial charge in [0.15, 0.2) is 0 Å². The molecule has 0 N–H and O–H groups in total. The molecule has 3 rings (SSSR count). The van der Waals surface area contributed by atoms with Crippen molar-refractivity contribution >= 4 is 10.2 Å². The summed E-state index contributed by atoms with van der Waals surface area (Å²) in [7, 11) is -0.206. The summed E-state index contributed by atoms with van der Waals surface area (Å²) in [6.45, 7) is 3.43. The number of aryl methyl sites for hydroxylation is 1.